The minimum absolute atomic E-state index is 0.440. The Kier molecular flexibility index (Phi) is 5.07. The zero-order valence-corrected chi connectivity index (χ0v) is 11.7. The van der Waals surface area contributed by atoms with Gasteiger partial charge in [-0.25, -0.2) is 9.78 Å². The molecule has 0 saturated heterocycles. The topological polar surface area (TPSA) is 48.4 Å². The van der Waals surface area contributed by atoms with Gasteiger partial charge in [0.05, 0.1) is 7.11 Å². The van der Waals surface area contributed by atoms with Gasteiger partial charge >= 0.3 is 18.5 Å². The van der Waals surface area contributed by atoms with Crippen LogP contribution in [0.25, 0.3) is 0 Å². The molecule has 0 atom stereocenters. The molecule has 0 N–H and O–H groups in total. The summed E-state index contributed by atoms with van der Waals surface area (Å²) in [6.45, 7) is 0. The third kappa shape index (κ3) is 4.22. The van der Waals surface area contributed by atoms with Crippen molar-refractivity contribution in [2.24, 2.45) is 0 Å². The van der Waals surface area contributed by atoms with E-state index < -0.39 is 46.4 Å². The van der Waals surface area contributed by atoms with Gasteiger partial charge in [-0.3, -0.25) is 0 Å². The summed E-state index contributed by atoms with van der Waals surface area (Å²) in [4.78, 5) is 14.5. The van der Waals surface area contributed by atoms with Crippen molar-refractivity contribution in [1.29, 1.82) is 0 Å². The lowest BCUT2D eigenvalue weighted by atomic mass is 10.1. The highest BCUT2D eigenvalue weighted by molar-refractivity contribution is 9.08. The van der Waals surface area contributed by atoms with Gasteiger partial charge in [-0.05, 0) is 5.56 Å². The van der Waals surface area contributed by atoms with Gasteiger partial charge in [0.25, 0.3) is 0 Å². The number of nitrogens with zero attached hydrogens (tertiary/aromatic N) is 1. The van der Waals surface area contributed by atoms with Gasteiger partial charge in [0.2, 0.25) is 0 Å². The van der Waals surface area contributed by atoms with Crippen molar-refractivity contribution < 1.29 is 40.6 Å². The lowest BCUT2D eigenvalue weighted by Crippen LogP contribution is -2.24. The van der Waals surface area contributed by atoms with Crippen LogP contribution < -0.4 is 4.74 Å². The molecule has 0 aliphatic carbocycles. The highest BCUT2D eigenvalue weighted by Gasteiger charge is 2.44. The van der Waals surface area contributed by atoms with Crippen LogP contribution in [0, 0.1) is 0 Å². The summed E-state index contributed by atoms with van der Waals surface area (Å²) in [5.41, 5.74) is -3.58. The maximum Gasteiger partial charge on any atom is 0.573 e. The monoisotopic (exact) mass is 381 g/mol. The standard InChI is InChI=1S/C10H6BrF6NO3/c1-20-8(19)6-7(21-10(15,16)17)5(9(12,13)14)4(2-11)3-18-6/h3H,2H2,1H3. The van der Waals surface area contributed by atoms with Gasteiger partial charge in [-0.1, -0.05) is 15.9 Å². The number of ether oxygens (including phenoxy) is 2. The summed E-state index contributed by atoms with van der Waals surface area (Å²) in [7, 11) is 0.785. The lowest BCUT2D eigenvalue weighted by molar-refractivity contribution is -0.276. The van der Waals surface area contributed by atoms with Crippen molar-refractivity contribution in [2.75, 3.05) is 7.11 Å². The van der Waals surface area contributed by atoms with E-state index in [-0.39, 0.29) is 0 Å². The summed E-state index contributed by atoms with van der Waals surface area (Å²) in [5, 5.41) is -0.440. The Morgan fingerprint density at radius 3 is 2.24 bits per heavy atom. The van der Waals surface area contributed by atoms with E-state index in [4.69, 9.17) is 0 Å². The van der Waals surface area contributed by atoms with Crippen LogP contribution in [-0.4, -0.2) is 24.4 Å². The Bertz CT molecular complexity index is 543. The van der Waals surface area contributed by atoms with Crippen molar-refractivity contribution in [3.63, 3.8) is 0 Å². The number of methoxy groups -OCH3 is 1. The van der Waals surface area contributed by atoms with Crippen molar-refractivity contribution >= 4 is 21.9 Å². The number of rotatable bonds is 3. The number of aromatic nitrogens is 1. The number of esters is 1. The smallest absolute Gasteiger partial charge is 0.464 e. The average molecular weight is 382 g/mol. The molecule has 0 aliphatic rings. The second-order valence-electron chi connectivity index (χ2n) is 3.51. The van der Waals surface area contributed by atoms with Crippen LogP contribution in [-0.2, 0) is 16.2 Å². The van der Waals surface area contributed by atoms with E-state index in [1.165, 1.54) is 0 Å². The number of hydrogen-bond acceptors (Lipinski definition) is 4. The van der Waals surface area contributed by atoms with E-state index in [9.17, 15) is 31.1 Å². The van der Waals surface area contributed by atoms with Gasteiger partial charge in [0.15, 0.2) is 11.4 Å². The van der Waals surface area contributed by atoms with Crippen LogP contribution >= 0.6 is 15.9 Å². The van der Waals surface area contributed by atoms with E-state index in [1.807, 2.05) is 0 Å². The van der Waals surface area contributed by atoms with Gasteiger partial charge in [-0.15, -0.1) is 13.2 Å². The zero-order chi connectivity index (χ0) is 16.4. The maximum absolute atomic E-state index is 13.0. The molecular weight excluding hydrogens is 376 g/mol. The molecule has 0 amide bonds. The van der Waals surface area contributed by atoms with Crippen LogP contribution in [0.4, 0.5) is 26.3 Å². The van der Waals surface area contributed by atoms with Crippen LogP contribution in [0.2, 0.25) is 0 Å². The van der Waals surface area contributed by atoms with Crippen molar-refractivity contribution in [3.8, 4) is 5.75 Å². The van der Waals surface area contributed by atoms with Crippen LogP contribution in [0.1, 0.15) is 21.6 Å². The fourth-order valence-corrected chi connectivity index (χ4v) is 1.82. The second-order valence-corrected chi connectivity index (χ2v) is 4.07. The molecule has 1 heterocycles. The first kappa shape index (κ1) is 17.5. The minimum Gasteiger partial charge on any atom is -0.464 e. The molecule has 0 bridgehead atoms. The van der Waals surface area contributed by atoms with Crippen LogP contribution in [0.15, 0.2) is 6.20 Å². The number of carbonyl (C=O) groups excluding carboxylic acids is 1. The van der Waals surface area contributed by atoms with E-state index in [0.29, 0.717) is 6.20 Å². The number of hydrogen-bond donors (Lipinski definition) is 0. The molecule has 0 aliphatic heterocycles. The van der Waals surface area contributed by atoms with Gasteiger partial charge < -0.3 is 9.47 Å². The largest absolute Gasteiger partial charge is 0.573 e. The number of alkyl halides is 7. The Morgan fingerprint density at radius 2 is 1.86 bits per heavy atom. The van der Waals surface area contributed by atoms with E-state index in [1.54, 1.807) is 0 Å². The fourth-order valence-electron chi connectivity index (χ4n) is 1.40. The van der Waals surface area contributed by atoms with E-state index in [0.717, 1.165) is 7.11 Å². The minimum atomic E-state index is -5.44. The highest BCUT2D eigenvalue weighted by atomic mass is 79.9. The first-order valence-electron chi connectivity index (χ1n) is 5.00. The zero-order valence-electron chi connectivity index (χ0n) is 10.1. The molecule has 0 radical (unpaired) electrons. The summed E-state index contributed by atoms with van der Waals surface area (Å²) in [6.07, 6.45) is -10.0. The predicted molar refractivity (Wildman–Crippen MR) is 59.9 cm³/mol. The molecule has 1 aromatic rings. The summed E-state index contributed by atoms with van der Waals surface area (Å²) in [6, 6.07) is 0. The first-order valence-corrected chi connectivity index (χ1v) is 6.12. The van der Waals surface area contributed by atoms with E-state index in [2.05, 4.69) is 30.4 Å². The first-order chi connectivity index (χ1) is 9.51. The van der Waals surface area contributed by atoms with E-state index >= 15 is 0 Å². The molecule has 21 heavy (non-hydrogen) atoms. The third-order valence-corrected chi connectivity index (χ3v) is 2.74. The Morgan fingerprint density at radius 1 is 1.29 bits per heavy atom. The Labute approximate surface area is 122 Å². The SMILES string of the molecule is COC(=O)c1ncc(CBr)c(C(F)(F)F)c1OC(F)(F)F. The average Bonchev–Trinajstić information content (AvgIpc) is 2.33. The Hall–Kier alpha value is -1.52. The maximum atomic E-state index is 13.0. The lowest BCUT2D eigenvalue weighted by Gasteiger charge is -2.19. The van der Waals surface area contributed by atoms with Crippen molar-refractivity contribution in [1.82, 2.24) is 4.98 Å². The van der Waals surface area contributed by atoms with Gasteiger partial charge in [0.1, 0.15) is 5.56 Å². The molecule has 0 fully saturated rings. The second kappa shape index (κ2) is 6.08. The molecule has 0 saturated carbocycles. The quantitative estimate of drug-likeness (QED) is 0.455. The molecule has 11 heteroatoms. The molecule has 0 spiro atoms. The number of halogens is 7. The summed E-state index contributed by atoms with van der Waals surface area (Å²) >= 11 is 2.70. The number of pyridine rings is 1. The van der Waals surface area contributed by atoms with Gasteiger partial charge in [-0.2, -0.15) is 13.2 Å². The molecule has 1 rings (SSSR count). The normalized spacial score (nSPS) is 12.2. The van der Waals surface area contributed by atoms with Crippen molar-refractivity contribution in [2.45, 2.75) is 17.9 Å². The fraction of sp³-hybridized carbons (Fsp3) is 0.400. The van der Waals surface area contributed by atoms with Crippen LogP contribution in [0.5, 0.6) is 5.75 Å². The highest BCUT2D eigenvalue weighted by Crippen LogP contribution is 2.42. The molecule has 0 aromatic carbocycles. The van der Waals surface area contributed by atoms with Crippen molar-refractivity contribution in [3.05, 3.63) is 23.0 Å². The predicted octanol–water partition coefficient (Wildman–Crippen LogP) is 3.68. The molecule has 1 aromatic heterocycles. The Balaban J connectivity index is 3.66. The molecular formula is C10H6BrF6NO3. The number of carbonyl (C=O) groups is 1. The van der Waals surface area contributed by atoms with Crippen LogP contribution in [0.3, 0.4) is 0 Å². The third-order valence-electron chi connectivity index (χ3n) is 2.14. The molecule has 4 nitrogen and oxygen atoms in total. The summed E-state index contributed by atoms with van der Waals surface area (Å²) in [5.74, 6) is -3.22. The summed E-state index contributed by atoms with van der Waals surface area (Å²) < 4.78 is 83.3. The van der Waals surface area contributed by atoms with Gasteiger partial charge in [0, 0.05) is 11.5 Å². The molecule has 118 valence electrons. The molecule has 0 unspecified atom stereocenters.